The van der Waals surface area contributed by atoms with Crippen LogP contribution in [0.1, 0.15) is 41.4 Å². The SMILES string of the molecule is COc1ccc(CN2CCC(NC(=O)c3ccn(C4CCCNC4)n3)C2=O)cc1. The van der Waals surface area contributed by atoms with Gasteiger partial charge in [-0.2, -0.15) is 5.10 Å². The van der Waals surface area contributed by atoms with Gasteiger partial charge in [0.05, 0.1) is 13.2 Å². The van der Waals surface area contributed by atoms with Crippen LogP contribution in [0.25, 0.3) is 0 Å². The number of rotatable bonds is 6. The van der Waals surface area contributed by atoms with E-state index >= 15 is 0 Å². The maximum absolute atomic E-state index is 12.7. The van der Waals surface area contributed by atoms with Crippen LogP contribution < -0.4 is 15.4 Å². The predicted octanol–water partition coefficient (Wildman–Crippen LogP) is 1.35. The minimum absolute atomic E-state index is 0.0509. The fraction of sp³-hybridized carbons (Fsp3) is 0.476. The summed E-state index contributed by atoms with van der Waals surface area (Å²) in [5, 5.41) is 10.6. The third-order valence-electron chi connectivity index (χ3n) is 5.62. The second kappa shape index (κ2) is 8.65. The van der Waals surface area contributed by atoms with Crippen molar-refractivity contribution in [3.63, 3.8) is 0 Å². The van der Waals surface area contributed by atoms with Gasteiger partial charge in [0.25, 0.3) is 5.91 Å². The number of aromatic nitrogens is 2. The minimum Gasteiger partial charge on any atom is -0.497 e. The van der Waals surface area contributed by atoms with Crippen molar-refractivity contribution in [3.8, 4) is 5.75 Å². The van der Waals surface area contributed by atoms with Crippen LogP contribution >= 0.6 is 0 Å². The molecule has 2 aliphatic heterocycles. The summed E-state index contributed by atoms with van der Waals surface area (Å²) in [7, 11) is 1.63. The molecule has 0 spiro atoms. The van der Waals surface area contributed by atoms with Gasteiger partial charge in [-0.05, 0) is 49.6 Å². The van der Waals surface area contributed by atoms with Crippen LogP contribution in [0.4, 0.5) is 0 Å². The molecule has 8 heteroatoms. The summed E-state index contributed by atoms with van der Waals surface area (Å²) in [4.78, 5) is 27.1. The lowest BCUT2D eigenvalue weighted by atomic mass is 10.1. The van der Waals surface area contributed by atoms with Crippen molar-refractivity contribution in [2.45, 2.75) is 37.9 Å². The van der Waals surface area contributed by atoms with Crippen molar-refractivity contribution < 1.29 is 14.3 Å². The Labute approximate surface area is 170 Å². The Bertz CT molecular complexity index is 857. The molecule has 2 unspecified atom stereocenters. The Hall–Kier alpha value is -2.87. The first-order chi connectivity index (χ1) is 14.1. The fourth-order valence-corrected chi connectivity index (χ4v) is 3.94. The molecule has 3 heterocycles. The van der Waals surface area contributed by atoms with Crippen molar-refractivity contribution in [1.82, 2.24) is 25.3 Å². The number of amides is 2. The second-order valence-corrected chi connectivity index (χ2v) is 7.60. The van der Waals surface area contributed by atoms with Crippen molar-refractivity contribution in [2.24, 2.45) is 0 Å². The van der Waals surface area contributed by atoms with Gasteiger partial charge < -0.3 is 20.3 Å². The summed E-state index contributed by atoms with van der Waals surface area (Å²) in [6.45, 7) is 3.04. The number of methoxy groups -OCH3 is 1. The molecule has 0 bridgehead atoms. The quantitative estimate of drug-likeness (QED) is 0.768. The summed E-state index contributed by atoms with van der Waals surface area (Å²) < 4.78 is 7.02. The summed E-state index contributed by atoms with van der Waals surface area (Å²) in [6.07, 6.45) is 4.61. The average molecular weight is 397 g/mol. The molecule has 0 radical (unpaired) electrons. The van der Waals surface area contributed by atoms with Gasteiger partial charge in [0.2, 0.25) is 5.91 Å². The molecule has 0 saturated carbocycles. The van der Waals surface area contributed by atoms with Gasteiger partial charge in [-0.25, -0.2) is 0 Å². The lowest BCUT2D eigenvalue weighted by Crippen LogP contribution is -2.41. The Morgan fingerprint density at radius 1 is 1.28 bits per heavy atom. The number of hydrogen-bond acceptors (Lipinski definition) is 5. The van der Waals surface area contributed by atoms with Crippen molar-refractivity contribution in [1.29, 1.82) is 0 Å². The molecule has 2 saturated heterocycles. The zero-order valence-corrected chi connectivity index (χ0v) is 16.6. The molecule has 2 aliphatic rings. The van der Waals surface area contributed by atoms with Gasteiger partial charge in [-0.1, -0.05) is 12.1 Å². The predicted molar refractivity (Wildman–Crippen MR) is 108 cm³/mol. The topological polar surface area (TPSA) is 88.5 Å². The van der Waals surface area contributed by atoms with E-state index in [0.29, 0.717) is 25.2 Å². The summed E-state index contributed by atoms with van der Waals surface area (Å²) in [5.74, 6) is 0.442. The first-order valence-corrected chi connectivity index (χ1v) is 10.1. The highest BCUT2D eigenvalue weighted by molar-refractivity contribution is 5.96. The first kappa shape index (κ1) is 19.4. The number of ether oxygens (including phenoxy) is 1. The molecule has 2 fully saturated rings. The number of nitrogens with zero attached hydrogens (tertiary/aromatic N) is 3. The van der Waals surface area contributed by atoms with Crippen molar-refractivity contribution in [2.75, 3.05) is 26.7 Å². The maximum Gasteiger partial charge on any atom is 0.272 e. The van der Waals surface area contributed by atoms with E-state index in [4.69, 9.17) is 4.74 Å². The number of carbonyl (C=O) groups is 2. The molecule has 0 aliphatic carbocycles. The standard InChI is InChI=1S/C21H27N5O3/c1-29-17-6-4-15(5-7-17)14-25-11-8-19(21(25)28)23-20(27)18-9-12-26(24-18)16-3-2-10-22-13-16/h4-7,9,12,16,19,22H,2-3,8,10-11,13-14H2,1H3,(H,23,27). The lowest BCUT2D eigenvalue weighted by Gasteiger charge is -2.22. The fourth-order valence-electron chi connectivity index (χ4n) is 3.94. The molecule has 8 nitrogen and oxygen atoms in total. The van der Waals surface area contributed by atoms with Crippen molar-refractivity contribution >= 4 is 11.8 Å². The minimum atomic E-state index is -0.498. The van der Waals surface area contributed by atoms with Crippen LogP contribution in [0.3, 0.4) is 0 Å². The van der Waals surface area contributed by atoms with Crippen LogP contribution in [-0.2, 0) is 11.3 Å². The van der Waals surface area contributed by atoms with Gasteiger partial charge >= 0.3 is 0 Å². The van der Waals surface area contributed by atoms with Crippen molar-refractivity contribution in [3.05, 3.63) is 47.8 Å². The molecular weight excluding hydrogens is 370 g/mol. The summed E-state index contributed by atoms with van der Waals surface area (Å²) in [5.41, 5.74) is 1.39. The van der Waals surface area contributed by atoms with E-state index < -0.39 is 6.04 Å². The number of nitrogens with one attached hydrogen (secondary N) is 2. The molecule has 1 aromatic carbocycles. The van der Waals surface area contributed by atoms with E-state index in [9.17, 15) is 9.59 Å². The van der Waals surface area contributed by atoms with E-state index in [1.54, 1.807) is 18.1 Å². The van der Waals surface area contributed by atoms with E-state index in [1.807, 2.05) is 35.1 Å². The Balaban J connectivity index is 1.33. The first-order valence-electron chi connectivity index (χ1n) is 10.1. The third-order valence-corrected chi connectivity index (χ3v) is 5.62. The van der Waals surface area contributed by atoms with Crippen LogP contribution in [0.15, 0.2) is 36.5 Å². The Morgan fingerprint density at radius 3 is 2.83 bits per heavy atom. The van der Waals surface area contributed by atoms with Gasteiger partial charge in [-0.15, -0.1) is 0 Å². The van der Waals surface area contributed by atoms with E-state index in [1.165, 1.54) is 0 Å². The van der Waals surface area contributed by atoms with Gasteiger partial charge in [0.15, 0.2) is 0 Å². The highest BCUT2D eigenvalue weighted by Crippen LogP contribution is 2.19. The largest absolute Gasteiger partial charge is 0.497 e. The molecule has 1 aromatic heterocycles. The van der Waals surface area contributed by atoms with Crippen LogP contribution in [0.2, 0.25) is 0 Å². The molecule has 2 atom stereocenters. The molecule has 29 heavy (non-hydrogen) atoms. The Morgan fingerprint density at radius 2 is 2.10 bits per heavy atom. The number of benzene rings is 1. The summed E-state index contributed by atoms with van der Waals surface area (Å²) >= 11 is 0. The monoisotopic (exact) mass is 397 g/mol. The number of carbonyl (C=O) groups excluding carboxylic acids is 2. The Kier molecular flexibility index (Phi) is 5.80. The van der Waals surface area contributed by atoms with Crippen LogP contribution in [0, 0.1) is 0 Å². The molecule has 2 amide bonds. The second-order valence-electron chi connectivity index (χ2n) is 7.60. The molecule has 2 aromatic rings. The third kappa shape index (κ3) is 4.42. The average Bonchev–Trinajstić information content (AvgIpc) is 3.38. The zero-order chi connectivity index (χ0) is 20.2. The number of likely N-dealkylation sites (tertiary alicyclic amines) is 1. The van der Waals surface area contributed by atoms with Crippen LogP contribution in [0.5, 0.6) is 5.75 Å². The smallest absolute Gasteiger partial charge is 0.272 e. The van der Waals surface area contributed by atoms with E-state index in [0.717, 1.165) is 37.2 Å². The van der Waals surface area contributed by atoms with Gasteiger partial charge in [-0.3, -0.25) is 14.3 Å². The molecule has 154 valence electrons. The van der Waals surface area contributed by atoms with E-state index in [2.05, 4.69) is 15.7 Å². The lowest BCUT2D eigenvalue weighted by molar-refractivity contribution is -0.129. The highest BCUT2D eigenvalue weighted by atomic mass is 16.5. The van der Waals surface area contributed by atoms with E-state index in [-0.39, 0.29) is 17.9 Å². The molecule has 4 rings (SSSR count). The number of hydrogen-bond donors (Lipinski definition) is 2. The van der Waals surface area contributed by atoms with Gasteiger partial charge in [0, 0.05) is 25.8 Å². The molecule has 2 N–H and O–H groups in total. The summed E-state index contributed by atoms with van der Waals surface area (Å²) in [6, 6.07) is 9.16. The van der Waals surface area contributed by atoms with Gasteiger partial charge in [0.1, 0.15) is 17.5 Å². The highest BCUT2D eigenvalue weighted by Gasteiger charge is 2.33. The zero-order valence-electron chi connectivity index (χ0n) is 16.6. The van der Waals surface area contributed by atoms with Crippen LogP contribution in [-0.4, -0.2) is 59.3 Å². The maximum atomic E-state index is 12.7. The number of piperidine rings is 1. The molecular formula is C21H27N5O3. The normalized spacial score (nSPS) is 22.0.